The molecule has 0 heterocycles. The van der Waals surface area contributed by atoms with E-state index in [2.05, 4.69) is 32.9 Å². The minimum Gasteiger partial charge on any atom is -0.0810 e. The molecule has 1 radical (unpaired) electrons. The fraction of sp³-hybridized carbons (Fsp3) is 0.875. The van der Waals surface area contributed by atoms with E-state index in [4.69, 9.17) is 0 Å². The van der Waals surface area contributed by atoms with Crippen molar-refractivity contribution in [2.45, 2.75) is 85.0 Å². The van der Waals surface area contributed by atoms with E-state index in [1.165, 1.54) is 64.2 Å². The monoisotopic (exact) mass is 223 g/mol. The summed E-state index contributed by atoms with van der Waals surface area (Å²) in [5.74, 6) is 0.881. The SMILES string of the molecule is CCCCCC/C=[C]/CC(CC)CCCC. The molecule has 1 atom stereocenters. The minimum atomic E-state index is 0.881. The van der Waals surface area contributed by atoms with Gasteiger partial charge in [-0.3, -0.25) is 0 Å². The molecule has 0 heteroatoms. The highest BCUT2D eigenvalue weighted by Gasteiger charge is 2.02. The molecule has 0 saturated heterocycles. The van der Waals surface area contributed by atoms with Crippen LogP contribution in [0.15, 0.2) is 6.08 Å². The summed E-state index contributed by atoms with van der Waals surface area (Å²) in [5.41, 5.74) is 0. The van der Waals surface area contributed by atoms with Gasteiger partial charge in [0.25, 0.3) is 0 Å². The molecule has 16 heavy (non-hydrogen) atoms. The van der Waals surface area contributed by atoms with Gasteiger partial charge in [0, 0.05) is 0 Å². The van der Waals surface area contributed by atoms with Gasteiger partial charge in [-0.2, -0.15) is 0 Å². The standard InChI is InChI=1S/C16H31/c1-4-7-9-10-11-12-13-15-16(6-3)14-8-5-2/h12,16H,4-11,14-15H2,1-3H3. The van der Waals surface area contributed by atoms with Gasteiger partial charge in [-0.1, -0.05) is 71.8 Å². The summed E-state index contributed by atoms with van der Waals surface area (Å²) < 4.78 is 0. The van der Waals surface area contributed by atoms with Gasteiger partial charge in [0.1, 0.15) is 0 Å². The molecule has 0 aliphatic carbocycles. The van der Waals surface area contributed by atoms with Crippen LogP contribution in [0.3, 0.4) is 0 Å². The molecule has 0 nitrogen and oxygen atoms in total. The van der Waals surface area contributed by atoms with Gasteiger partial charge in [-0.25, -0.2) is 0 Å². The maximum atomic E-state index is 3.50. The Morgan fingerprint density at radius 1 is 0.938 bits per heavy atom. The van der Waals surface area contributed by atoms with Gasteiger partial charge >= 0.3 is 0 Å². The van der Waals surface area contributed by atoms with Crippen molar-refractivity contribution in [1.82, 2.24) is 0 Å². The van der Waals surface area contributed by atoms with Gasteiger partial charge in [0.15, 0.2) is 0 Å². The van der Waals surface area contributed by atoms with Crippen molar-refractivity contribution < 1.29 is 0 Å². The Morgan fingerprint density at radius 3 is 2.31 bits per heavy atom. The highest BCUT2D eigenvalue weighted by atomic mass is 14.1. The van der Waals surface area contributed by atoms with Gasteiger partial charge in [0.05, 0.1) is 0 Å². The minimum absolute atomic E-state index is 0.881. The molecule has 0 aliphatic heterocycles. The third-order valence-electron chi connectivity index (χ3n) is 3.30. The summed E-state index contributed by atoms with van der Waals surface area (Å²) in [6, 6.07) is 0. The van der Waals surface area contributed by atoms with Crippen LogP contribution in [0.2, 0.25) is 0 Å². The van der Waals surface area contributed by atoms with Crippen LogP contribution in [0.4, 0.5) is 0 Å². The van der Waals surface area contributed by atoms with Crippen molar-refractivity contribution >= 4 is 0 Å². The molecule has 0 saturated carbocycles. The first-order valence-corrected chi connectivity index (χ1v) is 7.40. The van der Waals surface area contributed by atoms with Crippen molar-refractivity contribution in [3.05, 3.63) is 12.2 Å². The zero-order valence-corrected chi connectivity index (χ0v) is 11.7. The van der Waals surface area contributed by atoms with Crippen LogP contribution in [-0.2, 0) is 0 Å². The van der Waals surface area contributed by atoms with E-state index in [-0.39, 0.29) is 0 Å². The van der Waals surface area contributed by atoms with Crippen LogP contribution < -0.4 is 0 Å². The average Bonchev–Trinajstić information content (AvgIpc) is 2.32. The number of hydrogen-bond donors (Lipinski definition) is 0. The van der Waals surface area contributed by atoms with Gasteiger partial charge in [0.2, 0.25) is 0 Å². The Labute approximate surface area is 104 Å². The lowest BCUT2D eigenvalue weighted by Gasteiger charge is -2.10. The molecule has 0 rings (SSSR count). The van der Waals surface area contributed by atoms with E-state index in [9.17, 15) is 0 Å². The van der Waals surface area contributed by atoms with Crippen molar-refractivity contribution in [2.24, 2.45) is 5.92 Å². The lowest BCUT2D eigenvalue weighted by Crippen LogP contribution is -1.96. The molecular weight excluding hydrogens is 192 g/mol. The molecule has 1 unspecified atom stereocenters. The Hall–Kier alpha value is -0.260. The third kappa shape index (κ3) is 10.3. The molecule has 0 bridgehead atoms. The van der Waals surface area contributed by atoms with E-state index < -0.39 is 0 Å². The van der Waals surface area contributed by atoms with Crippen LogP contribution in [0.1, 0.15) is 85.0 Å². The Morgan fingerprint density at radius 2 is 1.69 bits per heavy atom. The summed E-state index contributed by atoms with van der Waals surface area (Å²) in [5, 5.41) is 0. The maximum absolute atomic E-state index is 3.50. The average molecular weight is 223 g/mol. The Balaban J connectivity index is 3.40. The molecule has 0 aromatic rings. The van der Waals surface area contributed by atoms with Crippen LogP contribution in [-0.4, -0.2) is 0 Å². The quantitative estimate of drug-likeness (QED) is 0.381. The first-order chi connectivity index (χ1) is 7.85. The topological polar surface area (TPSA) is 0 Å². The largest absolute Gasteiger partial charge is 0.0810 e. The molecule has 0 aromatic heterocycles. The van der Waals surface area contributed by atoms with Crippen molar-refractivity contribution in [2.75, 3.05) is 0 Å². The number of rotatable bonds is 11. The van der Waals surface area contributed by atoms with Crippen LogP contribution in [0.5, 0.6) is 0 Å². The fourth-order valence-electron chi connectivity index (χ4n) is 1.97. The van der Waals surface area contributed by atoms with E-state index in [1.807, 2.05) is 0 Å². The molecular formula is C16H31. The third-order valence-corrected chi connectivity index (χ3v) is 3.30. The summed E-state index contributed by atoms with van der Waals surface area (Å²) in [6.45, 7) is 6.85. The summed E-state index contributed by atoms with van der Waals surface area (Å²) in [6.07, 6.45) is 19.1. The van der Waals surface area contributed by atoms with Gasteiger partial charge < -0.3 is 0 Å². The Kier molecular flexibility index (Phi) is 12.6. The highest BCUT2D eigenvalue weighted by molar-refractivity contribution is 4.76. The second-order valence-corrected chi connectivity index (χ2v) is 4.88. The number of hydrogen-bond acceptors (Lipinski definition) is 0. The van der Waals surface area contributed by atoms with E-state index >= 15 is 0 Å². The van der Waals surface area contributed by atoms with Crippen LogP contribution >= 0.6 is 0 Å². The fourth-order valence-corrected chi connectivity index (χ4v) is 1.97. The van der Waals surface area contributed by atoms with Crippen molar-refractivity contribution in [1.29, 1.82) is 0 Å². The number of allylic oxidation sites excluding steroid dienone is 2. The van der Waals surface area contributed by atoms with E-state index in [0.29, 0.717) is 0 Å². The summed E-state index contributed by atoms with van der Waals surface area (Å²) in [7, 11) is 0. The molecule has 0 spiro atoms. The summed E-state index contributed by atoms with van der Waals surface area (Å²) in [4.78, 5) is 0. The highest BCUT2D eigenvalue weighted by Crippen LogP contribution is 2.16. The zero-order chi connectivity index (χ0) is 12.1. The second kappa shape index (κ2) is 12.8. The smallest absolute Gasteiger partial charge is 0.0251 e. The van der Waals surface area contributed by atoms with E-state index in [1.54, 1.807) is 0 Å². The molecule has 0 aromatic carbocycles. The number of unbranched alkanes of at least 4 members (excludes halogenated alkanes) is 5. The Bertz CT molecular complexity index is 146. The molecule has 0 aliphatic rings. The lowest BCUT2D eigenvalue weighted by atomic mass is 9.95. The molecule has 0 fully saturated rings. The predicted octanol–water partition coefficient (Wildman–Crippen LogP) is 5.92. The predicted molar refractivity (Wildman–Crippen MR) is 74.5 cm³/mol. The zero-order valence-electron chi connectivity index (χ0n) is 11.7. The lowest BCUT2D eigenvalue weighted by molar-refractivity contribution is 0.451. The molecule has 95 valence electrons. The van der Waals surface area contributed by atoms with Gasteiger partial charge in [-0.15, -0.1) is 0 Å². The molecule has 0 amide bonds. The normalized spacial score (nSPS) is 13.4. The van der Waals surface area contributed by atoms with E-state index in [0.717, 1.165) is 5.92 Å². The second-order valence-electron chi connectivity index (χ2n) is 4.88. The van der Waals surface area contributed by atoms with Crippen molar-refractivity contribution in [3.8, 4) is 0 Å². The van der Waals surface area contributed by atoms with Gasteiger partial charge in [-0.05, 0) is 31.3 Å². The summed E-state index contributed by atoms with van der Waals surface area (Å²) >= 11 is 0. The van der Waals surface area contributed by atoms with Crippen LogP contribution in [0, 0.1) is 12.0 Å². The first-order valence-electron chi connectivity index (χ1n) is 7.40. The molecule has 0 N–H and O–H groups in total. The first kappa shape index (κ1) is 15.7. The van der Waals surface area contributed by atoms with Crippen molar-refractivity contribution in [3.63, 3.8) is 0 Å². The van der Waals surface area contributed by atoms with Crippen LogP contribution in [0.25, 0.3) is 0 Å². The maximum Gasteiger partial charge on any atom is -0.0251 e.